The highest BCUT2D eigenvalue weighted by atomic mass is 16.4. The molecular weight excluding hydrogens is 214 g/mol. The average molecular weight is 235 g/mol. The lowest BCUT2D eigenvalue weighted by molar-refractivity contribution is -0.149. The number of aliphatic carboxylic acids is 1. The second-order valence-corrected chi connectivity index (χ2v) is 4.72. The van der Waals surface area contributed by atoms with Gasteiger partial charge >= 0.3 is 5.97 Å². The van der Waals surface area contributed by atoms with Crippen molar-refractivity contribution in [3.8, 4) is 0 Å². The monoisotopic (exact) mass is 235 g/mol. The molecule has 0 amide bonds. The van der Waals surface area contributed by atoms with Gasteiger partial charge in [0.25, 0.3) is 0 Å². The number of carbonyl (C=O) groups is 1. The number of nitrogens with zero attached hydrogens (tertiary/aromatic N) is 1. The van der Waals surface area contributed by atoms with Gasteiger partial charge in [-0.3, -0.25) is 4.90 Å². The predicted octanol–water partition coefficient (Wildman–Crippen LogP) is 2.50. The van der Waals surface area contributed by atoms with Crippen molar-refractivity contribution in [2.45, 2.75) is 32.2 Å². The molecule has 1 aromatic rings. The van der Waals surface area contributed by atoms with E-state index in [9.17, 15) is 9.90 Å². The Kier molecular flexibility index (Phi) is 4.29. The Balaban J connectivity index is 3.09. The smallest absolute Gasteiger partial charge is 0.328 e. The highest BCUT2D eigenvalue weighted by Crippen LogP contribution is 2.26. The van der Waals surface area contributed by atoms with Gasteiger partial charge in [-0.05, 0) is 38.6 Å². The van der Waals surface area contributed by atoms with Crippen molar-refractivity contribution in [3.63, 3.8) is 0 Å². The van der Waals surface area contributed by atoms with Gasteiger partial charge in [-0.25, -0.2) is 4.79 Å². The van der Waals surface area contributed by atoms with Crippen molar-refractivity contribution in [3.05, 3.63) is 35.4 Å². The van der Waals surface area contributed by atoms with E-state index in [0.29, 0.717) is 0 Å². The Labute approximate surface area is 103 Å². The summed E-state index contributed by atoms with van der Waals surface area (Å²) in [5.41, 5.74) is 1.10. The fourth-order valence-corrected chi connectivity index (χ4v) is 1.86. The Bertz CT molecular complexity index is 384. The fraction of sp³-hybridized carbons (Fsp3) is 0.500. The number of hydrogen-bond acceptors (Lipinski definition) is 2. The van der Waals surface area contributed by atoms with Gasteiger partial charge < -0.3 is 5.11 Å². The minimum absolute atomic E-state index is 0.815. The molecular formula is C14H21NO2. The van der Waals surface area contributed by atoms with Crippen molar-refractivity contribution >= 4 is 5.97 Å². The number of benzene rings is 1. The highest BCUT2D eigenvalue weighted by molar-refractivity contribution is 5.80. The standard InChI is InChI=1S/C14H21NO2/c1-5-6-11-7-9-12(10-8-11)14(2,13(16)17)15(3)4/h7-10H,5-6H2,1-4H3,(H,16,17). The molecule has 94 valence electrons. The lowest BCUT2D eigenvalue weighted by Crippen LogP contribution is -2.45. The van der Waals surface area contributed by atoms with Crippen LogP contribution >= 0.6 is 0 Å². The van der Waals surface area contributed by atoms with Crippen molar-refractivity contribution in [2.24, 2.45) is 0 Å². The molecule has 3 heteroatoms. The first-order valence-corrected chi connectivity index (χ1v) is 5.93. The molecule has 3 nitrogen and oxygen atoms in total. The summed E-state index contributed by atoms with van der Waals surface area (Å²) in [6, 6.07) is 7.87. The van der Waals surface area contributed by atoms with Crippen LogP contribution in [0.5, 0.6) is 0 Å². The van der Waals surface area contributed by atoms with Crippen molar-refractivity contribution in [1.29, 1.82) is 0 Å². The number of carboxylic acids is 1. The first-order chi connectivity index (χ1) is 7.92. The summed E-state index contributed by atoms with van der Waals surface area (Å²) in [6.07, 6.45) is 2.13. The Morgan fingerprint density at radius 2 is 1.82 bits per heavy atom. The molecule has 17 heavy (non-hydrogen) atoms. The minimum Gasteiger partial charge on any atom is -0.480 e. The van der Waals surface area contributed by atoms with E-state index in [1.54, 1.807) is 25.9 Å². The molecule has 0 saturated heterocycles. The Hall–Kier alpha value is -1.35. The van der Waals surface area contributed by atoms with E-state index >= 15 is 0 Å². The summed E-state index contributed by atoms with van der Waals surface area (Å²) in [4.78, 5) is 13.2. The molecule has 1 N–H and O–H groups in total. The third-order valence-corrected chi connectivity index (χ3v) is 3.37. The first kappa shape index (κ1) is 13.7. The first-order valence-electron chi connectivity index (χ1n) is 5.93. The van der Waals surface area contributed by atoms with Crippen LogP contribution in [0.25, 0.3) is 0 Å². The zero-order valence-electron chi connectivity index (χ0n) is 11.0. The van der Waals surface area contributed by atoms with Crippen LogP contribution in [-0.4, -0.2) is 30.1 Å². The SMILES string of the molecule is CCCc1ccc(C(C)(C(=O)O)N(C)C)cc1. The molecule has 0 saturated carbocycles. The van der Waals surface area contributed by atoms with Crippen LogP contribution in [0.3, 0.4) is 0 Å². The van der Waals surface area contributed by atoms with Crippen molar-refractivity contribution in [1.82, 2.24) is 4.90 Å². The third-order valence-electron chi connectivity index (χ3n) is 3.37. The number of rotatable bonds is 5. The molecule has 1 aromatic carbocycles. The van der Waals surface area contributed by atoms with Gasteiger partial charge in [0.05, 0.1) is 0 Å². The van der Waals surface area contributed by atoms with Crippen LogP contribution < -0.4 is 0 Å². The highest BCUT2D eigenvalue weighted by Gasteiger charge is 2.37. The normalized spacial score (nSPS) is 14.6. The van der Waals surface area contributed by atoms with Crippen LogP contribution in [-0.2, 0) is 16.8 Å². The van der Waals surface area contributed by atoms with Crippen molar-refractivity contribution in [2.75, 3.05) is 14.1 Å². The average Bonchev–Trinajstić information content (AvgIpc) is 2.28. The maximum absolute atomic E-state index is 11.4. The third kappa shape index (κ3) is 2.67. The van der Waals surface area contributed by atoms with E-state index in [4.69, 9.17) is 0 Å². The molecule has 0 aromatic heterocycles. The second kappa shape index (κ2) is 5.32. The summed E-state index contributed by atoms with van der Waals surface area (Å²) >= 11 is 0. The van der Waals surface area contributed by atoms with E-state index in [2.05, 4.69) is 6.92 Å². The molecule has 1 unspecified atom stereocenters. The van der Waals surface area contributed by atoms with E-state index in [1.165, 1.54) is 5.56 Å². The molecule has 0 spiro atoms. The van der Waals surface area contributed by atoms with Gasteiger partial charge in [0.2, 0.25) is 0 Å². The number of likely N-dealkylation sites (N-methyl/N-ethyl adjacent to an activating group) is 1. The summed E-state index contributed by atoms with van der Waals surface area (Å²) in [5, 5.41) is 9.39. The summed E-state index contributed by atoms with van der Waals surface area (Å²) in [6.45, 7) is 3.86. The number of hydrogen-bond donors (Lipinski definition) is 1. The van der Waals surface area contributed by atoms with E-state index < -0.39 is 11.5 Å². The van der Waals surface area contributed by atoms with Crippen LogP contribution in [0, 0.1) is 0 Å². The van der Waals surface area contributed by atoms with E-state index in [-0.39, 0.29) is 0 Å². The molecule has 0 heterocycles. The summed E-state index contributed by atoms with van der Waals surface area (Å²) < 4.78 is 0. The predicted molar refractivity (Wildman–Crippen MR) is 69.1 cm³/mol. The van der Waals surface area contributed by atoms with Crippen LogP contribution in [0.4, 0.5) is 0 Å². The maximum atomic E-state index is 11.4. The molecule has 0 aliphatic rings. The Morgan fingerprint density at radius 3 is 2.18 bits per heavy atom. The van der Waals surface area contributed by atoms with Crippen molar-refractivity contribution < 1.29 is 9.90 Å². The molecule has 0 aliphatic heterocycles. The van der Waals surface area contributed by atoms with Gasteiger partial charge in [-0.2, -0.15) is 0 Å². The van der Waals surface area contributed by atoms with E-state index in [0.717, 1.165) is 18.4 Å². The lowest BCUT2D eigenvalue weighted by Gasteiger charge is -2.32. The summed E-state index contributed by atoms with van der Waals surface area (Å²) in [7, 11) is 3.57. The van der Waals surface area contributed by atoms with Crippen LogP contribution in [0.2, 0.25) is 0 Å². The number of carboxylic acid groups (broad SMARTS) is 1. The molecule has 1 rings (SSSR count). The van der Waals surface area contributed by atoms with Gasteiger partial charge in [-0.1, -0.05) is 37.6 Å². The Morgan fingerprint density at radius 1 is 1.29 bits per heavy atom. The molecule has 1 atom stereocenters. The largest absolute Gasteiger partial charge is 0.480 e. The van der Waals surface area contributed by atoms with Crippen LogP contribution in [0.1, 0.15) is 31.4 Å². The minimum atomic E-state index is -0.968. The zero-order valence-corrected chi connectivity index (χ0v) is 11.0. The lowest BCUT2D eigenvalue weighted by atomic mass is 9.90. The van der Waals surface area contributed by atoms with Gasteiger partial charge in [-0.15, -0.1) is 0 Å². The quantitative estimate of drug-likeness (QED) is 0.852. The van der Waals surface area contributed by atoms with Gasteiger partial charge in [0, 0.05) is 0 Å². The second-order valence-electron chi connectivity index (χ2n) is 4.72. The molecule has 0 aliphatic carbocycles. The zero-order chi connectivity index (χ0) is 13.1. The van der Waals surface area contributed by atoms with Gasteiger partial charge in [0.1, 0.15) is 5.54 Å². The maximum Gasteiger partial charge on any atom is 0.328 e. The number of aryl methyl sites for hydroxylation is 1. The molecule has 0 radical (unpaired) electrons. The molecule has 0 bridgehead atoms. The fourth-order valence-electron chi connectivity index (χ4n) is 1.86. The van der Waals surface area contributed by atoms with E-state index in [1.807, 2.05) is 24.3 Å². The van der Waals surface area contributed by atoms with Crippen LogP contribution in [0.15, 0.2) is 24.3 Å². The molecule has 0 fully saturated rings. The van der Waals surface area contributed by atoms with Gasteiger partial charge in [0.15, 0.2) is 0 Å². The topological polar surface area (TPSA) is 40.5 Å². The summed E-state index contributed by atoms with van der Waals surface area (Å²) in [5.74, 6) is -0.828.